The Balaban J connectivity index is 1.23. The standard InChI is InChI=1S/C28H31NO3S/c1-17-3-5-22(6-4-17)26-29(25(30)16-33-26)24-8-7-23(9-18(24)2)27(31)32-28-13-19-10-20(14-28)12-21(11-19)15-28/h3-9,19-21,26H,10-16H2,1-2H3. The van der Waals surface area contributed by atoms with Gasteiger partial charge in [0.05, 0.1) is 11.3 Å². The largest absolute Gasteiger partial charge is 0.455 e. The summed E-state index contributed by atoms with van der Waals surface area (Å²) in [4.78, 5) is 27.9. The van der Waals surface area contributed by atoms with Crippen molar-refractivity contribution in [1.29, 1.82) is 0 Å². The van der Waals surface area contributed by atoms with Gasteiger partial charge in [-0.1, -0.05) is 29.8 Å². The SMILES string of the molecule is Cc1ccc(C2SCC(=O)N2c2ccc(C(=O)OC34CC5CC(CC(C5)C3)C4)cc2C)cc1. The Morgan fingerprint density at radius 1 is 0.970 bits per heavy atom. The number of rotatable bonds is 4. The van der Waals surface area contributed by atoms with Gasteiger partial charge in [0.1, 0.15) is 11.0 Å². The minimum Gasteiger partial charge on any atom is -0.455 e. The van der Waals surface area contributed by atoms with Crippen LogP contribution in [-0.4, -0.2) is 23.2 Å². The Morgan fingerprint density at radius 2 is 1.61 bits per heavy atom. The van der Waals surface area contributed by atoms with Crippen LogP contribution in [0.4, 0.5) is 5.69 Å². The Morgan fingerprint density at radius 3 is 2.21 bits per heavy atom. The molecule has 4 nitrogen and oxygen atoms in total. The molecule has 1 unspecified atom stereocenters. The number of esters is 1. The van der Waals surface area contributed by atoms with E-state index in [2.05, 4.69) is 31.2 Å². The molecule has 0 spiro atoms. The number of benzene rings is 2. The van der Waals surface area contributed by atoms with Crippen molar-refractivity contribution in [2.45, 2.75) is 63.3 Å². The summed E-state index contributed by atoms with van der Waals surface area (Å²) in [6, 6.07) is 14.1. The molecule has 2 aromatic carbocycles. The van der Waals surface area contributed by atoms with Crippen LogP contribution >= 0.6 is 11.8 Å². The predicted molar refractivity (Wildman–Crippen MR) is 131 cm³/mol. The molecule has 2 aromatic rings. The number of aryl methyl sites for hydroxylation is 2. The fraction of sp³-hybridized carbons (Fsp3) is 0.500. The van der Waals surface area contributed by atoms with Gasteiger partial charge in [-0.15, -0.1) is 11.8 Å². The zero-order chi connectivity index (χ0) is 22.7. The first kappa shape index (κ1) is 21.3. The number of hydrogen-bond acceptors (Lipinski definition) is 4. The second-order valence-electron chi connectivity index (χ2n) is 10.8. The van der Waals surface area contributed by atoms with Crippen LogP contribution in [0, 0.1) is 31.6 Å². The van der Waals surface area contributed by atoms with E-state index in [-0.39, 0.29) is 22.9 Å². The molecule has 33 heavy (non-hydrogen) atoms. The van der Waals surface area contributed by atoms with Crippen molar-refractivity contribution in [2.75, 3.05) is 10.7 Å². The maximum Gasteiger partial charge on any atom is 0.338 e. The highest BCUT2D eigenvalue weighted by Crippen LogP contribution is 2.57. The quantitative estimate of drug-likeness (QED) is 0.508. The summed E-state index contributed by atoms with van der Waals surface area (Å²) in [6.07, 6.45) is 7.11. The van der Waals surface area contributed by atoms with Gasteiger partial charge in [0.25, 0.3) is 0 Å². The van der Waals surface area contributed by atoms with Crippen LogP contribution < -0.4 is 4.90 Å². The van der Waals surface area contributed by atoms with E-state index in [1.54, 1.807) is 11.8 Å². The smallest absolute Gasteiger partial charge is 0.338 e. The van der Waals surface area contributed by atoms with Crippen molar-refractivity contribution < 1.29 is 14.3 Å². The number of carbonyl (C=O) groups excluding carboxylic acids is 2. The highest BCUT2D eigenvalue weighted by molar-refractivity contribution is 8.00. The van der Waals surface area contributed by atoms with Gasteiger partial charge < -0.3 is 4.74 Å². The molecule has 1 amide bonds. The van der Waals surface area contributed by atoms with Crippen LogP contribution in [0.3, 0.4) is 0 Å². The average molecular weight is 462 g/mol. The topological polar surface area (TPSA) is 46.6 Å². The Bertz CT molecular complexity index is 1070. The van der Waals surface area contributed by atoms with Crippen molar-refractivity contribution in [3.63, 3.8) is 0 Å². The van der Waals surface area contributed by atoms with Crippen LogP contribution in [0.2, 0.25) is 0 Å². The number of amides is 1. The fourth-order valence-corrected chi connectivity index (χ4v) is 8.30. The summed E-state index contributed by atoms with van der Waals surface area (Å²) in [5, 5.41) is -0.0402. The molecule has 4 saturated carbocycles. The van der Waals surface area contributed by atoms with Crippen LogP contribution in [0.25, 0.3) is 0 Å². The lowest BCUT2D eigenvalue weighted by molar-refractivity contribution is -0.131. The van der Waals surface area contributed by atoms with E-state index in [4.69, 9.17) is 4.74 Å². The zero-order valence-corrected chi connectivity index (χ0v) is 20.2. The number of ether oxygens (including phenoxy) is 1. The van der Waals surface area contributed by atoms with E-state index in [1.807, 2.05) is 30.0 Å². The summed E-state index contributed by atoms with van der Waals surface area (Å²) in [5.74, 6) is 2.59. The van der Waals surface area contributed by atoms with Crippen LogP contribution in [-0.2, 0) is 9.53 Å². The molecule has 0 radical (unpaired) electrons. The van der Waals surface area contributed by atoms with Gasteiger partial charge in [0, 0.05) is 5.69 Å². The van der Waals surface area contributed by atoms with E-state index in [1.165, 1.54) is 24.8 Å². The number of anilines is 1. The normalized spacial score (nSPS) is 32.4. The molecule has 0 aromatic heterocycles. The van der Waals surface area contributed by atoms with E-state index >= 15 is 0 Å². The molecule has 1 aliphatic heterocycles. The molecule has 1 atom stereocenters. The van der Waals surface area contributed by atoms with Crippen molar-refractivity contribution in [2.24, 2.45) is 17.8 Å². The van der Waals surface area contributed by atoms with Crippen molar-refractivity contribution in [1.82, 2.24) is 0 Å². The third-order valence-electron chi connectivity index (χ3n) is 8.21. The molecule has 7 rings (SSSR count). The Hall–Kier alpha value is -2.27. The average Bonchev–Trinajstić information content (AvgIpc) is 3.14. The number of carbonyl (C=O) groups is 2. The van der Waals surface area contributed by atoms with Gasteiger partial charge in [-0.25, -0.2) is 4.79 Å². The summed E-state index contributed by atoms with van der Waals surface area (Å²) in [6.45, 7) is 4.05. The first-order chi connectivity index (χ1) is 15.9. The molecule has 1 saturated heterocycles. The second-order valence-corrected chi connectivity index (χ2v) is 11.9. The molecule has 172 valence electrons. The van der Waals surface area contributed by atoms with Gasteiger partial charge in [-0.05, 0) is 99.5 Å². The summed E-state index contributed by atoms with van der Waals surface area (Å²) >= 11 is 1.65. The fourth-order valence-electron chi connectivity index (χ4n) is 7.13. The molecular formula is C28H31NO3S. The van der Waals surface area contributed by atoms with E-state index < -0.39 is 0 Å². The van der Waals surface area contributed by atoms with Crippen molar-refractivity contribution in [3.05, 3.63) is 64.7 Å². The van der Waals surface area contributed by atoms with Crippen LogP contribution in [0.1, 0.15) is 70.9 Å². The van der Waals surface area contributed by atoms with Crippen LogP contribution in [0.5, 0.6) is 0 Å². The molecule has 5 aliphatic rings. The third kappa shape index (κ3) is 3.78. The second kappa shape index (κ2) is 7.90. The monoisotopic (exact) mass is 461 g/mol. The highest BCUT2D eigenvalue weighted by Gasteiger charge is 2.53. The van der Waals surface area contributed by atoms with E-state index in [0.29, 0.717) is 11.3 Å². The maximum absolute atomic E-state index is 13.2. The van der Waals surface area contributed by atoms with Gasteiger partial charge in [-0.3, -0.25) is 9.69 Å². The zero-order valence-electron chi connectivity index (χ0n) is 19.4. The molecular weight excluding hydrogens is 430 g/mol. The summed E-state index contributed by atoms with van der Waals surface area (Å²) < 4.78 is 6.26. The lowest BCUT2D eigenvalue weighted by Gasteiger charge is -2.55. The molecule has 1 heterocycles. The van der Waals surface area contributed by atoms with Gasteiger partial charge in [0.15, 0.2) is 0 Å². The van der Waals surface area contributed by atoms with Gasteiger partial charge >= 0.3 is 5.97 Å². The molecule has 4 bridgehead atoms. The lowest BCUT2D eigenvalue weighted by atomic mass is 9.54. The minimum atomic E-state index is -0.240. The maximum atomic E-state index is 13.2. The van der Waals surface area contributed by atoms with E-state index in [9.17, 15) is 9.59 Å². The van der Waals surface area contributed by atoms with Gasteiger partial charge in [-0.2, -0.15) is 0 Å². The number of nitrogens with zero attached hydrogens (tertiary/aromatic N) is 1. The molecule has 5 fully saturated rings. The van der Waals surface area contributed by atoms with Crippen molar-refractivity contribution in [3.8, 4) is 0 Å². The number of hydrogen-bond donors (Lipinski definition) is 0. The Labute approximate surface area is 200 Å². The molecule has 4 aliphatic carbocycles. The first-order valence-electron chi connectivity index (χ1n) is 12.2. The summed E-state index contributed by atoms with van der Waals surface area (Å²) in [5.41, 5.74) is 4.50. The minimum absolute atomic E-state index is 0.0402. The number of thioether (sulfide) groups is 1. The first-order valence-corrected chi connectivity index (χ1v) is 13.3. The predicted octanol–water partition coefficient (Wildman–Crippen LogP) is 6.21. The highest BCUT2D eigenvalue weighted by atomic mass is 32.2. The third-order valence-corrected chi connectivity index (χ3v) is 9.43. The summed E-state index contributed by atoms with van der Waals surface area (Å²) in [7, 11) is 0. The lowest BCUT2D eigenvalue weighted by Crippen LogP contribution is -2.52. The van der Waals surface area contributed by atoms with Crippen molar-refractivity contribution >= 4 is 29.3 Å². The molecule has 0 N–H and O–H groups in total. The Kier molecular flexibility index (Phi) is 5.09. The van der Waals surface area contributed by atoms with E-state index in [0.717, 1.165) is 53.8 Å². The van der Waals surface area contributed by atoms with Gasteiger partial charge in [0.2, 0.25) is 5.91 Å². The van der Waals surface area contributed by atoms with Crippen LogP contribution in [0.15, 0.2) is 42.5 Å². The molecule has 5 heteroatoms.